The van der Waals surface area contributed by atoms with Crippen LogP contribution in [-0.4, -0.2) is 59.3 Å². The molecule has 2 saturated heterocycles. The van der Waals surface area contributed by atoms with Crippen LogP contribution in [0.2, 0.25) is 0 Å². The van der Waals surface area contributed by atoms with Gasteiger partial charge in [0, 0.05) is 18.0 Å². The molecule has 0 aromatic heterocycles. The van der Waals surface area contributed by atoms with Gasteiger partial charge in [0.1, 0.15) is 11.3 Å². The monoisotopic (exact) mass is 411 g/mol. The van der Waals surface area contributed by atoms with Crippen molar-refractivity contribution >= 4 is 11.9 Å². The van der Waals surface area contributed by atoms with Crippen LogP contribution in [0.15, 0.2) is 18.2 Å². The molecular weight excluding hydrogens is 382 g/mol. The molecular formula is C23H29N3O4. The summed E-state index contributed by atoms with van der Waals surface area (Å²) >= 11 is 0. The summed E-state index contributed by atoms with van der Waals surface area (Å²) in [7, 11) is 1.66. The molecule has 1 spiro atoms. The van der Waals surface area contributed by atoms with Gasteiger partial charge >= 0.3 is 6.03 Å². The molecule has 0 radical (unpaired) electrons. The van der Waals surface area contributed by atoms with Crippen LogP contribution < -0.4 is 15.4 Å². The number of piperidine rings is 1. The zero-order valence-electron chi connectivity index (χ0n) is 17.4. The van der Waals surface area contributed by atoms with Gasteiger partial charge in [0.2, 0.25) is 0 Å². The number of nitrogens with zero attached hydrogens (tertiary/aromatic N) is 1. The Morgan fingerprint density at radius 1 is 1.23 bits per heavy atom. The summed E-state index contributed by atoms with van der Waals surface area (Å²) in [6, 6.07) is 5.79. The van der Waals surface area contributed by atoms with Gasteiger partial charge in [-0.2, -0.15) is 0 Å². The highest BCUT2D eigenvalue weighted by Crippen LogP contribution is 2.61. The average Bonchev–Trinajstić information content (AvgIpc) is 3.49. The van der Waals surface area contributed by atoms with Crippen molar-refractivity contribution in [2.45, 2.75) is 67.5 Å². The highest BCUT2D eigenvalue weighted by molar-refractivity contribution is 6.07. The van der Waals surface area contributed by atoms with E-state index in [-0.39, 0.29) is 11.9 Å². The first-order valence-electron chi connectivity index (χ1n) is 11.2. The standard InChI is InChI=1S/C23H29N3O4/c1-30-16-5-4-15-10-18-23(29)7-6-22(19(27)24-20(28)25-22)13-21(23,17(15)11-16)8-9-26(18)12-14-2-3-14/h4-5,11,14,18,29H,2-3,6-10,12-13H2,1H3,(H2,24,25,27,28). The Balaban J connectivity index is 1.50. The van der Waals surface area contributed by atoms with E-state index < -0.39 is 22.6 Å². The molecule has 5 aliphatic rings. The second-order valence-corrected chi connectivity index (χ2v) is 10.1. The van der Waals surface area contributed by atoms with Gasteiger partial charge in [0.15, 0.2) is 0 Å². The number of hydrogen-bond donors (Lipinski definition) is 3. The number of ether oxygens (including phenoxy) is 1. The molecule has 2 bridgehead atoms. The quantitative estimate of drug-likeness (QED) is 0.656. The van der Waals surface area contributed by atoms with Crippen LogP contribution in [0.1, 0.15) is 49.7 Å². The van der Waals surface area contributed by atoms with Gasteiger partial charge < -0.3 is 15.2 Å². The van der Waals surface area contributed by atoms with E-state index in [9.17, 15) is 14.7 Å². The van der Waals surface area contributed by atoms with Crippen molar-refractivity contribution in [1.82, 2.24) is 15.5 Å². The SMILES string of the molecule is COc1ccc2c(c1)C13CCN(CC4CC4)C(C2)C1(O)CCC1(C3)NC(=O)NC1=O. The molecule has 2 heterocycles. The normalized spacial score (nSPS) is 39.9. The third kappa shape index (κ3) is 2.33. The van der Waals surface area contributed by atoms with Crippen LogP contribution in [0.3, 0.4) is 0 Å². The van der Waals surface area contributed by atoms with Crippen LogP contribution in [0.5, 0.6) is 5.75 Å². The number of nitrogens with one attached hydrogen (secondary N) is 2. The van der Waals surface area contributed by atoms with E-state index in [4.69, 9.17) is 4.74 Å². The van der Waals surface area contributed by atoms with E-state index in [0.29, 0.717) is 19.3 Å². The molecule has 3 amide bonds. The van der Waals surface area contributed by atoms with Crippen molar-refractivity contribution in [2.24, 2.45) is 5.92 Å². The van der Waals surface area contributed by atoms with Gasteiger partial charge in [-0.3, -0.25) is 15.0 Å². The summed E-state index contributed by atoms with van der Waals surface area (Å²) in [6.45, 7) is 1.96. The number of rotatable bonds is 3. The Bertz CT molecular complexity index is 946. The lowest BCUT2D eigenvalue weighted by atomic mass is 9.46. The van der Waals surface area contributed by atoms with Crippen LogP contribution >= 0.6 is 0 Å². The number of amides is 3. The van der Waals surface area contributed by atoms with E-state index in [1.807, 2.05) is 6.07 Å². The Morgan fingerprint density at radius 2 is 2.07 bits per heavy atom. The Labute approximate surface area is 176 Å². The van der Waals surface area contributed by atoms with Crippen molar-refractivity contribution in [3.05, 3.63) is 29.3 Å². The fourth-order valence-corrected chi connectivity index (χ4v) is 6.94. The number of imide groups is 1. The molecule has 7 heteroatoms. The van der Waals surface area contributed by atoms with Crippen molar-refractivity contribution < 1.29 is 19.4 Å². The molecule has 4 atom stereocenters. The van der Waals surface area contributed by atoms with Gasteiger partial charge in [0.05, 0.1) is 12.7 Å². The third-order valence-electron chi connectivity index (χ3n) is 8.63. The number of fused-ring (bicyclic) bond motifs is 1. The maximum atomic E-state index is 12.8. The second-order valence-electron chi connectivity index (χ2n) is 10.1. The number of benzene rings is 1. The van der Waals surface area contributed by atoms with E-state index in [1.165, 1.54) is 18.4 Å². The molecule has 3 N–H and O–H groups in total. The summed E-state index contributed by atoms with van der Waals surface area (Å²) in [5.41, 5.74) is -0.109. The van der Waals surface area contributed by atoms with E-state index in [1.54, 1.807) is 7.11 Å². The molecule has 1 aromatic rings. The molecule has 6 rings (SSSR count). The number of carbonyl (C=O) groups is 2. The Hall–Kier alpha value is -2.12. The van der Waals surface area contributed by atoms with Gasteiger partial charge in [-0.1, -0.05) is 6.07 Å². The van der Waals surface area contributed by atoms with E-state index in [0.717, 1.165) is 43.2 Å². The fourth-order valence-electron chi connectivity index (χ4n) is 6.94. The highest BCUT2D eigenvalue weighted by atomic mass is 16.5. The molecule has 2 saturated carbocycles. The predicted molar refractivity (Wildman–Crippen MR) is 109 cm³/mol. The van der Waals surface area contributed by atoms with Gasteiger partial charge in [0.25, 0.3) is 5.91 Å². The minimum Gasteiger partial charge on any atom is -0.497 e. The largest absolute Gasteiger partial charge is 0.497 e. The molecule has 30 heavy (non-hydrogen) atoms. The van der Waals surface area contributed by atoms with Gasteiger partial charge in [-0.25, -0.2) is 4.79 Å². The first kappa shape index (κ1) is 18.6. The lowest BCUT2D eigenvalue weighted by Crippen LogP contribution is -2.76. The number of carbonyl (C=O) groups excluding carboxylic acids is 2. The summed E-state index contributed by atoms with van der Waals surface area (Å²) in [4.78, 5) is 27.4. The minimum absolute atomic E-state index is 0.0465. The maximum absolute atomic E-state index is 12.8. The Kier molecular flexibility index (Phi) is 3.71. The predicted octanol–water partition coefficient (Wildman–Crippen LogP) is 1.47. The number of aliphatic hydroxyl groups is 1. The topological polar surface area (TPSA) is 90.9 Å². The fraction of sp³-hybridized carbons (Fsp3) is 0.652. The third-order valence-corrected chi connectivity index (χ3v) is 8.63. The summed E-state index contributed by atoms with van der Waals surface area (Å²) in [5, 5.41) is 17.7. The van der Waals surface area contributed by atoms with Crippen LogP contribution in [-0.2, 0) is 16.6 Å². The van der Waals surface area contributed by atoms with Crippen molar-refractivity contribution in [1.29, 1.82) is 0 Å². The highest BCUT2D eigenvalue weighted by Gasteiger charge is 2.69. The number of urea groups is 1. The molecule has 4 unspecified atom stereocenters. The van der Waals surface area contributed by atoms with E-state index in [2.05, 4.69) is 27.7 Å². The molecule has 2 aliphatic heterocycles. The molecule has 1 aromatic carbocycles. The number of methoxy groups -OCH3 is 1. The zero-order chi connectivity index (χ0) is 20.7. The van der Waals surface area contributed by atoms with Crippen LogP contribution in [0.25, 0.3) is 0 Å². The molecule has 3 aliphatic carbocycles. The minimum atomic E-state index is -0.940. The summed E-state index contributed by atoms with van der Waals surface area (Å²) in [5.74, 6) is 1.27. The van der Waals surface area contributed by atoms with E-state index >= 15 is 0 Å². The number of likely N-dealkylation sites (tertiary alicyclic amines) is 1. The molecule has 7 nitrogen and oxygen atoms in total. The lowest BCUT2D eigenvalue weighted by molar-refractivity contribution is -0.180. The maximum Gasteiger partial charge on any atom is 0.322 e. The first-order chi connectivity index (χ1) is 14.4. The molecule has 160 valence electrons. The lowest BCUT2D eigenvalue weighted by Gasteiger charge is -2.65. The van der Waals surface area contributed by atoms with Crippen molar-refractivity contribution in [3.8, 4) is 5.75 Å². The van der Waals surface area contributed by atoms with Crippen molar-refractivity contribution in [3.63, 3.8) is 0 Å². The number of hydrogen-bond acceptors (Lipinski definition) is 5. The Morgan fingerprint density at radius 3 is 2.77 bits per heavy atom. The van der Waals surface area contributed by atoms with Crippen molar-refractivity contribution in [2.75, 3.05) is 20.2 Å². The van der Waals surface area contributed by atoms with Crippen LogP contribution in [0.4, 0.5) is 4.79 Å². The second kappa shape index (κ2) is 5.98. The van der Waals surface area contributed by atoms with Gasteiger partial charge in [-0.15, -0.1) is 0 Å². The molecule has 4 fully saturated rings. The summed E-state index contributed by atoms with van der Waals surface area (Å²) in [6.07, 6.45) is 5.57. The smallest absolute Gasteiger partial charge is 0.322 e. The summed E-state index contributed by atoms with van der Waals surface area (Å²) < 4.78 is 5.52. The van der Waals surface area contributed by atoms with Crippen LogP contribution in [0, 0.1) is 5.92 Å². The van der Waals surface area contributed by atoms with Gasteiger partial charge in [-0.05, 0) is 80.7 Å². The zero-order valence-corrected chi connectivity index (χ0v) is 17.4. The average molecular weight is 412 g/mol. The first-order valence-corrected chi connectivity index (χ1v) is 11.2.